The predicted molar refractivity (Wildman–Crippen MR) is 146 cm³/mol. The van der Waals surface area contributed by atoms with Crippen LogP contribution in [0.2, 0.25) is 0 Å². The van der Waals surface area contributed by atoms with Crippen LogP contribution < -0.4 is 5.32 Å². The lowest BCUT2D eigenvalue weighted by atomic mass is 9.85. The van der Waals surface area contributed by atoms with E-state index in [9.17, 15) is 19.5 Å². The average Bonchev–Trinajstić information content (AvgIpc) is 3.43. The van der Waals surface area contributed by atoms with Gasteiger partial charge in [0.2, 0.25) is 0 Å². The molecule has 38 heavy (non-hydrogen) atoms. The molecule has 3 aromatic rings. The van der Waals surface area contributed by atoms with Crippen molar-refractivity contribution in [2.45, 2.75) is 52.2 Å². The highest BCUT2D eigenvalue weighted by atomic mass is 16.5. The highest BCUT2D eigenvalue weighted by Gasteiger charge is 2.25. The Morgan fingerprint density at radius 2 is 1.71 bits per heavy atom. The molecule has 2 heterocycles. The number of carbonyl (C=O) groups excluding carboxylic acids is 2. The van der Waals surface area contributed by atoms with E-state index in [-0.39, 0.29) is 28.7 Å². The van der Waals surface area contributed by atoms with Gasteiger partial charge in [-0.25, -0.2) is 4.79 Å². The van der Waals surface area contributed by atoms with Gasteiger partial charge in [0.1, 0.15) is 6.23 Å². The molecule has 1 unspecified atom stereocenters. The summed E-state index contributed by atoms with van der Waals surface area (Å²) in [5, 5.41) is 12.4. The van der Waals surface area contributed by atoms with Crippen LogP contribution in [0.25, 0.3) is 11.1 Å². The number of aromatic nitrogens is 1. The topological polar surface area (TPSA) is 109 Å². The highest BCUT2D eigenvalue weighted by molar-refractivity contribution is 6.06. The molecule has 2 aromatic carbocycles. The van der Waals surface area contributed by atoms with Crippen molar-refractivity contribution in [1.29, 1.82) is 0 Å². The molecule has 1 aromatic heterocycles. The maximum Gasteiger partial charge on any atom is 0.335 e. The van der Waals surface area contributed by atoms with Crippen LogP contribution in [0.5, 0.6) is 0 Å². The molecule has 0 spiro atoms. The second-order valence-electron chi connectivity index (χ2n) is 10.6. The van der Waals surface area contributed by atoms with Gasteiger partial charge in [0.05, 0.1) is 17.4 Å². The van der Waals surface area contributed by atoms with Crippen molar-refractivity contribution in [3.05, 3.63) is 82.7 Å². The second-order valence-corrected chi connectivity index (χ2v) is 10.6. The Balaban J connectivity index is 1.56. The van der Waals surface area contributed by atoms with Crippen molar-refractivity contribution in [3.8, 4) is 11.1 Å². The minimum atomic E-state index is -1.09. The molecule has 2 N–H and O–H groups in total. The number of hydrogen-bond acceptors (Lipinski definition) is 5. The second kappa shape index (κ2) is 10.8. The maximum atomic E-state index is 13.1. The third-order valence-corrected chi connectivity index (χ3v) is 6.75. The molecule has 1 atom stereocenters. The molecule has 198 valence electrons. The van der Waals surface area contributed by atoms with Crippen molar-refractivity contribution in [3.63, 3.8) is 0 Å². The van der Waals surface area contributed by atoms with Gasteiger partial charge in [0.25, 0.3) is 11.8 Å². The lowest BCUT2D eigenvalue weighted by Crippen LogP contribution is -2.36. The number of aromatic carboxylic acids is 1. The molecule has 8 nitrogen and oxygen atoms in total. The third kappa shape index (κ3) is 5.92. The molecule has 0 radical (unpaired) electrons. The van der Waals surface area contributed by atoms with Crippen LogP contribution >= 0.6 is 0 Å². The number of ether oxygens (including phenoxy) is 1. The minimum Gasteiger partial charge on any atom is -0.478 e. The first-order valence-electron chi connectivity index (χ1n) is 12.6. The van der Waals surface area contributed by atoms with Crippen molar-refractivity contribution >= 4 is 23.5 Å². The number of carbonyl (C=O) groups is 3. The normalized spacial score (nSPS) is 15.2. The van der Waals surface area contributed by atoms with E-state index in [0.29, 0.717) is 17.9 Å². The maximum absolute atomic E-state index is 13.1. The molecule has 1 aliphatic heterocycles. The Hall–Kier alpha value is -4.04. The third-order valence-electron chi connectivity index (χ3n) is 6.75. The Labute approximate surface area is 222 Å². The van der Waals surface area contributed by atoms with Crippen molar-refractivity contribution < 1.29 is 24.2 Å². The van der Waals surface area contributed by atoms with Gasteiger partial charge < -0.3 is 20.1 Å². The van der Waals surface area contributed by atoms with Crippen LogP contribution in [-0.2, 0) is 10.2 Å². The Bertz CT molecular complexity index is 1370. The summed E-state index contributed by atoms with van der Waals surface area (Å²) < 4.78 is 5.62. The number of rotatable bonds is 6. The number of carboxylic acid groups (broad SMARTS) is 1. The summed E-state index contributed by atoms with van der Waals surface area (Å²) in [5.74, 6) is -1.61. The molecule has 1 fully saturated rings. The summed E-state index contributed by atoms with van der Waals surface area (Å²) in [6, 6.07) is 13.8. The first kappa shape index (κ1) is 27.0. The number of hydrogen-bond donors (Lipinski definition) is 2. The van der Waals surface area contributed by atoms with Gasteiger partial charge in [-0.2, -0.15) is 0 Å². The van der Waals surface area contributed by atoms with Crippen LogP contribution in [-0.4, -0.2) is 52.7 Å². The molecule has 8 heteroatoms. The lowest BCUT2D eigenvalue weighted by molar-refractivity contribution is 0.000865. The number of anilines is 1. The van der Waals surface area contributed by atoms with Crippen LogP contribution in [0.1, 0.15) is 75.9 Å². The average molecular weight is 516 g/mol. The van der Waals surface area contributed by atoms with Crippen LogP contribution in [0.3, 0.4) is 0 Å². The quantitative estimate of drug-likeness (QED) is 0.448. The lowest BCUT2D eigenvalue weighted by Gasteiger charge is -2.23. The first-order valence-corrected chi connectivity index (χ1v) is 12.6. The molecule has 1 aliphatic rings. The smallest absolute Gasteiger partial charge is 0.335 e. The minimum absolute atomic E-state index is 0.0603. The summed E-state index contributed by atoms with van der Waals surface area (Å²) in [7, 11) is 1.75. The molecule has 0 saturated carbocycles. The molecule has 0 bridgehead atoms. The largest absolute Gasteiger partial charge is 0.478 e. The fraction of sp³-hybridized carbons (Fsp3) is 0.333. The number of nitrogens with one attached hydrogen (secondary N) is 1. The van der Waals surface area contributed by atoms with Gasteiger partial charge in [0, 0.05) is 36.0 Å². The van der Waals surface area contributed by atoms with Crippen molar-refractivity contribution in [2.75, 3.05) is 19.0 Å². The van der Waals surface area contributed by atoms with Gasteiger partial charge >= 0.3 is 5.97 Å². The molecule has 2 amide bonds. The molecule has 0 aliphatic carbocycles. The fourth-order valence-electron chi connectivity index (χ4n) is 4.41. The molecule has 1 saturated heterocycles. The van der Waals surface area contributed by atoms with E-state index in [0.717, 1.165) is 35.2 Å². The summed E-state index contributed by atoms with van der Waals surface area (Å²) >= 11 is 0. The number of carboxylic acids is 1. The standard InChI is InChI=1S/C30H33N3O5/c1-18-25(19-8-10-20(11-9-19)28(35)33(5)26-7-6-12-38-26)16-24(17-31-18)32-27(34)21-13-22(29(36)37)15-23(14-21)30(2,3)4/h8-11,13-17,26H,6-7,12H2,1-5H3,(H,32,34)(H,36,37). The number of amides is 2. The van der Waals surface area contributed by atoms with E-state index < -0.39 is 11.9 Å². The highest BCUT2D eigenvalue weighted by Crippen LogP contribution is 2.28. The summed E-state index contributed by atoms with van der Waals surface area (Å²) in [6.07, 6.45) is 3.16. The van der Waals surface area contributed by atoms with E-state index in [2.05, 4.69) is 10.3 Å². The van der Waals surface area contributed by atoms with Crippen molar-refractivity contribution in [1.82, 2.24) is 9.88 Å². The van der Waals surface area contributed by atoms with Crippen LogP contribution in [0, 0.1) is 6.92 Å². The Morgan fingerprint density at radius 1 is 1.03 bits per heavy atom. The summed E-state index contributed by atoms with van der Waals surface area (Å²) in [5.41, 5.74) is 4.22. The summed E-state index contributed by atoms with van der Waals surface area (Å²) in [6.45, 7) is 8.43. The fourth-order valence-corrected chi connectivity index (χ4v) is 4.41. The van der Waals surface area contributed by atoms with Crippen LogP contribution in [0.15, 0.2) is 54.7 Å². The van der Waals surface area contributed by atoms with Gasteiger partial charge in [-0.3, -0.25) is 14.6 Å². The number of benzene rings is 2. The predicted octanol–water partition coefficient (Wildman–Crippen LogP) is 5.51. The number of nitrogens with zero attached hydrogens (tertiary/aromatic N) is 2. The number of pyridine rings is 1. The first-order chi connectivity index (χ1) is 17.9. The van der Waals surface area contributed by atoms with E-state index in [1.807, 2.05) is 45.9 Å². The Morgan fingerprint density at radius 3 is 2.32 bits per heavy atom. The van der Waals surface area contributed by atoms with E-state index in [1.165, 1.54) is 6.07 Å². The van der Waals surface area contributed by atoms with Gasteiger partial charge in [-0.1, -0.05) is 32.9 Å². The Kier molecular flexibility index (Phi) is 7.64. The van der Waals surface area contributed by atoms with Gasteiger partial charge in [-0.05, 0) is 72.7 Å². The van der Waals surface area contributed by atoms with Crippen LogP contribution in [0.4, 0.5) is 5.69 Å². The van der Waals surface area contributed by atoms with E-state index in [4.69, 9.17) is 4.74 Å². The zero-order chi connectivity index (χ0) is 27.6. The molecular weight excluding hydrogens is 482 g/mol. The van der Waals surface area contributed by atoms with Crippen molar-refractivity contribution in [2.24, 2.45) is 0 Å². The van der Waals surface area contributed by atoms with E-state index >= 15 is 0 Å². The van der Waals surface area contributed by atoms with Gasteiger partial charge in [0.15, 0.2) is 0 Å². The summed E-state index contributed by atoms with van der Waals surface area (Å²) in [4.78, 5) is 43.7. The zero-order valence-electron chi connectivity index (χ0n) is 22.4. The molecular formula is C30H33N3O5. The SMILES string of the molecule is Cc1ncc(NC(=O)c2cc(C(=O)O)cc(C(C)(C)C)c2)cc1-c1ccc(C(=O)N(C)C2CCCO2)cc1. The van der Waals surface area contributed by atoms with Gasteiger partial charge in [-0.15, -0.1) is 0 Å². The number of aryl methyl sites for hydroxylation is 1. The monoisotopic (exact) mass is 515 g/mol. The zero-order valence-corrected chi connectivity index (χ0v) is 22.4. The van der Waals surface area contributed by atoms with E-state index in [1.54, 1.807) is 42.4 Å². The molecule has 4 rings (SSSR count).